The average Bonchev–Trinajstić information content (AvgIpc) is 2.93. The van der Waals surface area contributed by atoms with Gasteiger partial charge in [0.25, 0.3) is 0 Å². The number of nitrogen functional groups attached to an aromatic ring is 1. The molecule has 1 atom stereocenters. The molecule has 0 saturated carbocycles. The van der Waals surface area contributed by atoms with E-state index >= 15 is 0 Å². The van der Waals surface area contributed by atoms with E-state index in [4.69, 9.17) is 15.6 Å². The van der Waals surface area contributed by atoms with Gasteiger partial charge in [0.1, 0.15) is 17.2 Å². The lowest BCUT2D eigenvalue weighted by Crippen LogP contribution is -2.48. The first-order chi connectivity index (χ1) is 13.2. The minimum atomic E-state index is -0.583. The lowest BCUT2D eigenvalue weighted by molar-refractivity contribution is 0.00988. The van der Waals surface area contributed by atoms with Crippen LogP contribution in [0.4, 0.5) is 15.0 Å². The number of aryl methyl sites for hydroxylation is 2. The zero-order valence-corrected chi connectivity index (χ0v) is 18.6. The number of hydrogen-bond donors (Lipinski definition) is 1. The van der Waals surface area contributed by atoms with Gasteiger partial charge in [0.2, 0.25) is 0 Å². The number of carbonyl (C=O) groups excluding carboxylic acids is 1. The lowest BCUT2D eigenvalue weighted by Gasteiger charge is -2.41. The van der Waals surface area contributed by atoms with Gasteiger partial charge in [-0.25, -0.2) is 13.9 Å². The van der Waals surface area contributed by atoms with Crippen molar-refractivity contribution in [1.29, 1.82) is 0 Å². The van der Waals surface area contributed by atoms with Gasteiger partial charge in [0, 0.05) is 17.5 Å². The first kappa shape index (κ1) is 21.1. The first-order valence-corrected chi connectivity index (χ1v) is 9.88. The van der Waals surface area contributed by atoms with Gasteiger partial charge in [0.05, 0.1) is 17.4 Å². The Hall–Kier alpha value is -2.57. The smallest absolute Gasteiger partial charge is 0.410 e. The van der Waals surface area contributed by atoms with Crippen molar-refractivity contribution >= 4 is 11.9 Å². The summed E-state index contributed by atoms with van der Waals surface area (Å²) in [4.78, 5) is 14.5. The molecule has 2 N–H and O–H groups in total. The molecule has 0 radical (unpaired) electrons. The van der Waals surface area contributed by atoms with Gasteiger partial charge in [-0.1, -0.05) is 13.8 Å². The average molecular weight is 403 g/mol. The van der Waals surface area contributed by atoms with Crippen LogP contribution in [0.1, 0.15) is 70.0 Å². The molecule has 1 aromatic carbocycles. The largest absolute Gasteiger partial charge is 0.444 e. The summed E-state index contributed by atoms with van der Waals surface area (Å²) in [7, 11) is 0. The summed E-state index contributed by atoms with van der Waals surface area (Å²) in [6.07, 6.45) is -0.371. The maximum Gasteiger partial charge on any atom is 0.410 e. The zero-order valence-electron chi connectivity index (χ0n) is 18.6. The summed E-state index contributed by atoms with van der Waals surface area (Å²) < 4.78 is 21.4. The lowest BCUT2D eigenvalue weighted by atomic mass is 9.80. The number of fused-ring (bicyclic) bond motifs is 1. The van der Waals surface area contributed by atoms with Crippen molar-refractivity contribution in [3.8, 4) is 5.69 Å². The number of benzene rings is 1. The highest BCUT2D eigenvalue weighted by Crippen LogP contribution is 2.43. The molecule has 158 valence electrons. The van der Waals surface area contributed by atoms with E-state index in [2.05, 4.69) is 0 Å². The Labute approximate surface area is 171 Å². The van der Waals surface area contributed by atoms with Crippen LogP contribution < -0.4 is 5.73 Å². The van der Waals surface area contributed by atoms with E-state index in [0.29, 0.717) is 29.2 Å². The Morgan fingerprint density at radius 3 is 2.34 bits per heavy atom. The molecule has 0 spiro atoms. The minimum absolute atomic E-state index is 0.228. The molecule has 1 aromatic heterocycles. The Kier molecular flexibility index (Phi) is 4.92. The standard InChI is InChI=1S/C22H31FN4O2/c1-12-9-15(10-13(2)17(12)23)27-19(24)16-14(3)26(20(28)29-21(4,5)6)11-22(7,8)18(16)25-27/h9-10,14H,11,24H2,1-8H3/t14-/m0/s1. The van der Waals surface area contributed by atoms with Crippen LogP contribution in [-0.2, 0) is 10.2 Å². The third-order valence-electron chi connectivity index (χ3n) is 5.35. The highest BCUT2D eigenvalue weighted by molar-refractivity contribution is 5.71. The van der Waals surface area contributed by atoms with E-state index in [1.165, 1.54) is 0 Å². The monoisotopic (exact) mass is 402 g/mol. The number of nitrogens with two attached hydrogens (primary N) is 1. The topological polar surface area (TPSA) is 73.4 Å². The Morgan fingerprint density at radius 2 is 1.83 bits per heavy atom. The van der Waals surface area contributed by atoms with E-state index in [1.54, 1.807) is 35.6 Å². The molecule has 0 aliphatic carbocycles. The number of carbonyl (C=O) groups is 1. The summed E-state index contributed by atoms with van der Waals surface area (Å²) >= 11 is 0. The van der Waals surface area contributed by atoms with Crippen molar-refractivity contribution < 1.29 is 13.9 Å². The number of halogens is 1. The number of nitrogens with zero attached hydrogens (tertiary/aromatic N) is 3. The molecule has 2 heterocycles. The molecule has 3 rings (SSSR count). The van der Waals surface area contributed by atoms with Crippen LogP contribution >= 0.6 is 0 Å². The molecular formula is C22H31FN4O2. The Morgan fingerprint density at radius 1 is 1.28 bits per heavy atom. The third-order valence-corrected chi connectivity index (χ3v) is 5.35. The molecule has 1 amide bonds. The van der Waals surface area contributed by atoms with Crippen LogP contribution in [0.5, 0.6) is 0 Å². The SMILES string of the molecule is Cc1cc(-n2nc3c(c2N)[C@H](C)N(C(=O)OC(C)(C)C)CC3(C)C)cc(C)c1F. The number of hydrogen-bond acceptors (Lipinski definition) is 4. The minimum Gasteiger partial charge on any atom is -0.444 e. The highest BCUT2D eigenvalue weighted by Gasteiger charge is 2.43. The van der Waals surface area contributed by atoms with E-state index in [-0.39, 0.29) is 18.0 Å². The predicted molar refractivity (Wildman–Crippen MR) is 112 cm³/mol. The fourth-order valence-corrected chi connectivity index (χ4v) is 3.93. The van der Waals surface area contributed by atoms with Crippen molar-refractivity contribution in [2.45, 2.75) is 72.4 Å². The van der Waals surface area contributed by atoms with Crippen LogP contribution in [0.3, 0.4) is 0 Å². The third kappa shape index (κ3) is 3.70. The summed E-state index contributed by atoms with van der Waals surface area (Å²) in [5.41, 5.74) is 8.97. The van der Waals surface area contributed by atoms with Crippen molar-refractivity contribution in [2.75, 3.05) is 12.3 Å². The van der Waals surface area contributed by atoms with Gasteiger partial charge in [-0.15, -0.1) is 0 Å². The maximum absolute atomic E-state index is 14.1. The Bertz CT molecular complexity index is 949. The van der Waals surface area contributed by atoms with Crippen LogP contribution in [0.2, 0.25) is 0 Å². The second-order valence-corrected chi connectivity index (χ2v) is 9.62. The number of amides is 1. The second-order valence-electron chi connectivity index (χ2n) is 9.62. The molecule has 0 unspecified atom stereocenters. The molecule has 2 aromatic rings. The summed E-state index contributed by atoms with van der Waals surface area (Å²) in [6, 6.07) is 3.19. The van der Waals surface area contributed by atoms with E-state index < -0.39 is 11.0 Å². The molecule has 0 bridgehead atoms. The summed E-state index contributed by atoms with van der Waals surface area (Å²) in [5, 5.41) is 4.79. The van der Waals surface area contributed by atoms with E-state index in [0.717, 1.165) is 11.3 Å². The van der Waals surface area contributed by atoms with Crippen LogP contribution in [0.25, 0.3) is 5.69 Å². The van der Waals surface area contributed by atoms with Gasteiger partial charge in [0.15, 0.2) is 0 Å². The van der Waals surface area contributed by atoms with Gasteiger partial charge in [-0.3, -0.25) is 0 Å². The van der Waals surface area contributed by atoms with Crippen LogP contribution in [-0.4, -0.2) is 32.9 Å². The first-order valence-electron chi connectivity index (χ1n) is 9.88. The molecule has 6 nitrogen and oxygen atoms in total. The maximum atomic E-state index is 14.1. The fraction of sp³-hybridized carbons (Fsp3) is 0.545. The van der Waals surface area contributed by atoms with Crippen molar-refractivity contribution in [2.24, 2.45) is 0 Å². The molecule has 0 saturated heterocycles. The van der Waals surface area contributed by atoms with Crippen LogP contribution in [0.15, 0.2) is 12.1 Å². The van der Waals surface area contributed by atoms with E-state index in [1.807, 2.05) is 41.5 Å². The van der Waals surface area contributed by atoms with Crippen LogP contribution in [0, 0.1) is 19.7 Å². The highest BCUT2D eigenvalue weighted by atomic mass is 19.1. The quantitative estimate of drug-likeness (QED) is 0.744. The van der Waals surface area contributed by atoms with Gasteiger partial charge < -0.3 is 15.4 Å². The van der Waals surface area contributed by atoms with Gasteiger partial charge >= 0.3 is 6.09 Å². The molecule has 29 heavy (non-hydrogen) atoms. The predicted octanol–water partition coefficient (Wildman–Crippen LogP) is 4.80. The number of aromatic nitrogens is 2. The van der Waals surface area contributed by atoms with Crippen molar-refractivity contribution in [1.82, 2.24) is 14.7 Å². The number of anilines is 1. The molecule has 0 fully saturated rings. The van der Waals surface area contributed by atoms with Gasteiger partial charge in [-0.05, 0) is 64.8 Å². The molecule has 7 heteroatoms. The number of ether oxygens (including phenoxy) is 1. The number of rotatable bonds is 1. The van der Waals surface area contributed by atoms with Gasteiger partial charge in [-0.2, -0.15) is 5.10 Å². The second kappa shape index (κ2) is 6.75. The Balaban J connectivity index is 2.10. The molecule has 1 aliphatic rings. The summed E-state index contributed by atoms with van der Waals surface area (Å²) in [6.45, 7) is 15.5. The van der Waals surface area contributed by atoms with E-state index in [9.17, 15) is 9.18 Å². The van der Waals surface area contributed by atoms with Crippen molar-refractivity contribution in [3.05, 3.63) is 40.3 Å². The molecule has 1 aliphatic heterocycles. The van der Waals surface area contributed by atoms with Crippen molar-refractivity contribution in [3.63, 3.8) is 0 Å². The zero-order chi connectivity index (χ0) is 21.9. The fourth-order valence-electron chi connectivity index (χ4n) is 3.93. The normalized spacial score (nSPS) is 18.5. The summed E-state index contributed by atoms with van der Waals surface area (Å²) in [5.74, 6) is 0.230. The molecular weight excluding hydrogens is 371 g/mol.